The standard InChI is InChI=1S/C11H13BrF3NOS/c1-17-7-8-9(12)3-2-4-10(8)16-5-6-18-11(13,14)15/h2-4,16H,5-7H2,1H3. The number of thioether (sulfide) groups is 1. The van der Waals surface area contributed by atoms with E-state index in [1.807, 2.05) is 18.2 Å². The van der Waals surface area contributed by atoms with E-state index in [1.165, 1.54) is 0 Å². The van der Waals surface area contributed by atoms with Crippen molar-refractivity contribution in [3.8, 4) is 0 Å². The summed E-state index contributed by atoms with van der Waals surface area (Å²) >= 11 is 3.35. The van der Waals surface area contributed by atoms with Crippen LogP contribution in [-0.4, -0.2) is 24.9 Å². The van der Waals surface area contributed by atoms with Gasteiger partial charge in [0.15, 0.2) is 0 Å². The number of nitrogens with one attached hydrogen (secondary N) is 1. The van der Waals surface area contributed by atoms with Crippen molar-refractivity contribution >= 4 is 33.4 Å². The van der Waals surface area contributed by atoms with Crippen molar-refractivity contribution in [2.24, 2.45) is 0 Å². The maximum atomic E-state index is 12.0. The van der Waals surface area contributed by atoms with Crippen LogP contribution in [0.4, 0.5) is 18.9 Å². The predicted octanol–water partition coefficient (Wildman–Crippen LogP) is 4.26. The molecule has 0 bridgehead atoms. The Labute approximate surface area is 116 Å². The Morgan fingerprint density at radius 2 is 2.11 bits per heavy atom. The van der Waals surface area contributed by atoms with Gasteiger partial charge in [0.2, 0.25) is 0 Å². The minimum Gasteiger partial charge on any atom is -0.384 e. The van der Waals surface area contributed by atoms with Crippen molar-refractivity contribution in [3.05, 3.63) is 28.2 Å². The lowest BCUT2D eigenvalue weighted by atomic mass is 10.2. The van der Waals surface area contributed by atoms with Gasteiger partial charge in [-0.3, -0.25) is 0 Å². The first-order valence-electron chi connectivity index (χ1n) is 5.15. The molecule has 0 saturated heterocycles. The second kappa shape index (κ2) is 7.25. The maximum Gasteiger partial charge on any atom is 0.441 e. The Morgan fingerprint density at radius 3 is 2.72 bits per heavy atom. The van der Waals surface area contributed by atoms with Gasteiger partial charge in [0.1, 0.15) is 0 Å². The molecule has 0 unspecified atom stereocenters. The number of benzene rings is 1. The van der Waals surface area contributed by atoms with Gasteiger partial charge < -0.3 is 10.1 Å². The molecule has 0 aliphatic rings. The number of ether oxygens (including phenoxy) is 1. The third-order valence-electron chi connectivity index (χ3n) is 2.09. The van der Waals surface area contributed by atoms with Crippen molar-refractivity contribution < 1.29 is 17.9 Å². The van der Waals surface area contributed by atoms with E-state index in [1.54, 1.807) is 7.11 Å². The van der Waals surface area contributed by atoms with Crippen LogP contribution < -0.4 is 5.32 Å². The Balaban J connectivity index is 2.54. The van der Waals surface area contributed by atoms with Crippen LogP contribution >= 0.6 is 27.7 Å². The van der Waals surface area contributed by atoms with Crippen LogP contribution in [0.3, 0.4) is 0 Å². The van der Waals surface area contributed by atoms with Crippen LogP contribution in [0.25, 0.3) is 0 Å². The molecule has 0 radical (unpaired) electrons. The Hall–Kier alpha value is -0.400. The molecular weight excluding hydrogens is 331 g/mol. The monoisotopic (exact) mass is 343 g/mol. The van der Waals surface area contributed by atoms with Crippen LogP contribution in [0.1, 0.15) is 5.56 Å². The van der Waals surface area contributed by atoms with Gasteiger partial charge in [-0.25, -0.2) is 0 Å². The van der Waals surface area contributed by atoms with Crippen LogP contribution in [0.2, 0.25) is 0 Å². The van der Waals surface area contributed by atoms with Crippen molar-refractivity contribution in [3.63, 3.8) is 0 Å². The fourth-order valence-electron chi connectivity index (χ4n) is 1.37. The number of anilines is 1. The van der Waals surface area contributed by atoms with E-state index in [0.717, 1.165) is 15.7 Å². The zero-order chi connectivity index (χ0) is 13.6. The van der Waals surface area contributed by atoms with E-state index >= 15 is 0 Å². The minimum absolute atomic E-state index is 0.0254. The number of hydrogen-bond acceptors (Lipinski definition) is 3. The molecule has 0 aliphatic heterocycles. The molecule has 1 N–H and O–H groups in total. The summed E-state index contributed by atoms with van der Waals surface area (Å²) < 4.78 is 41.8. The van der Waals surface area contributed by atoms with Crippen molar-refractivity contribution in [1.82, 2.24) is 0 Å². The molecule has 0 heterocycles. The smallest absolute Gasteiger partial charge is 0.384 e. The van der Waals surface area contributed by atoms with Gasteiger partial charge in [-0.15, -0.1) is 0 Å². The van der Waals surface area contributed by atoms with Crippen molar-refractivity contribution in [1.29, 1.82) is 0 Å². The van der Waals surface area contributed by atoms with Gasteiger partial charge in [-0.1, -0.05) is 22.0 Å². The molecule has 0 aliphatic carbocycles. The van der Waals surface area contributed by atoms with Gasteiger partial charge in [0, 0.05) is 35.1 Å². The third kappa shape index (κ3) is 5.49. The van der Waals surface area contributed by atoms with Gasteiger partial charge in [-0.05, 0) is 23.9 Å². The molecule has 0 atom stereocenters. The van der Waals surface area contributed by atoms with Crippen LogP contribution in [-0.2, 0) is 11.3 Å². The van der Waals surface area contributed by atoms with E-state index in [-0.39, 0.29) is 24.1 Å². The summed E-state index contributed by atoms with van der Waals surface area (Å²) in [5, 5.41) is 2.98. The lowest BCUT2D eigenvalue weighted by Gasteiger charge is -2.13. The molecule has 102 valence electrons. The summed E-state index contributed by atoms with van der Waals surface area (Å²) in [5.74, 6) is -0.0254. The minimum atomic E-state index is -4.17. The second-order valence-electron chi connectivity index (χ2n) is 3.42. The quantitative estimate of drug-likeness (QED) is 0.779. The fourth-order valence-corrected chi connectivity index (χ4v) is 2.28. The first-order chi connectivity index (χ1) is 8.44. The fraction of sp³-hybridized carbons (Fsp3) is 0.455. The molecule has 0 amide bonds. The zero-order valence-corrected chi connectivity index (χ0v) is 12.1. The molecule has 0 spiro atoms. The van der Waals surface area contributed by atoms with Crippen LogP contribution in [0.5, 0.6) is 0 Å². The van der Waals surface area contributed by atoms with Gasteiger partial charge in [-0.2, -0.15) is 13.2 Å². The summed E-state index contributed by atoms with van der Waals surface area (Å²) in [6.07, 6.45) is 0. The predicted molar refractivity (Wildman–Crippen MR) is 71.9 cm³/mol. The molecule has 7 heteroatoms. The molecule has 1 rings (SSSR count). The highest BCUT2D eigenvalue weighted by Gasteiger charge is 2.27. The average molecular weight is 344 g/mol. The zero-order valence-electron chi connectivity index (χ0n) is 9.68. The highest BCUT2D eigenvalue weighted by atomic mass is 79.9. The number of halogens is 4. The van der Waals surface area contributed by atoms with Crippen LogP contribution in [0, 0.1) is 0 Å². The first-order valence-corrected chi connectivity index (χ1v) is 6.93. The summed E-state index contributed by atoms with van der Waals surface area (Å²) in [4.78, 5) is 0. The average Bonchev–Trinajstić information content (AvgIpc) is 2.27. The van der Waals surface area contributed by atoms with Gasteiger partial charge in [0.25, 0.3) is 0 Å². The number of methoxy groups -OCH3 is 1. The maximum absolute atomic E-state index is 12.0. The summed E-state index contributed by atoms with van der Waals surface area (Å²) in [7, 11) is 1.57. The van der Waals surface area contributed by atoms with Gasteiger partial charge in [0.05, 0.1) is 6.61 Å². The van der Waals surface area contributed by atoms with Crippen LogP contribution in [0.15, 0.2) is 22.7 Å². The molecule has 0 fully saturated rings. The SMILES string of the molecule is COCc1c(Br)cccc1NCCSC(F)(F)F. The molecule has 2 nitrogen and oxygen atoms in total. The lowest BCUT2D eigenvalue weighted by molar-refractivity contribution is -0.0327. The Bertz CT molecular complexity index is 387. The Morgan fingerprint density at radius 1 is 1.39 bits per heavy atom. The van der Waals surface area contributed by atoms with Crippen molar-refractivity contribution in [2.75, 3.05) is 24.7 Å². The molecule has 0 saturated carbocycles. The second-order valence-corrected chi connectivity index (χ2v) is 5.43. The number of alkyl halides is 3. The third-order valence-corrected chi connectivity index (χ3v) is 3.57. The molecule has 18 heavy (non-hydrogen) atoms. The van der Waals surface area contributed by atoms with E-state index in [2.05, 4.69) is 21.2 Å². The lowest BCUT2D eigenvalue weighted by Crippen LogP contribution is -2.11. The number of hydrogen-bond donors (Lipinski definition) is 1. The molecule has 1 aromatic carbocycles. The van der Waals surface area contributed by atoms with E-state index in [4.69, 9.17) is 4.74 Å². The van der Waals surface area contributed by atoms with E-state index in [0.29, 0.717) is 6.61 Å². The van der Waals surface area contributed by atoms with E-state index in [9.17, 15) is 13.2 Å². The van der Waals surface area contributed by atoms with E-state index < -0.39 is 5.51 Å². The normalized spacial score (nSPS) is 11.6. The summed E-state index contributed by atoms with van der Waals surface area (Å²) in [6, 6.07) is 5.50. The highest BCUT2D eigenvalue weighted by molar-refractivity contribution is 9.10. The largest absolute Gasteiger partial charge is 0.441 e. The summed E-state index contributed by atoms with van der Waals surface area (Å²) in [5.41, 5.74) is -2.49. The highest BCUT2D eigenvalue weighted by Crippen LogP contribution is 2.30. The topological polar surface area (TPSA) is 21.3 Å². The molecule has 1 aromatic rings. The summed E-state index contributed by atoms with van der Waals surface area (Å²) in [6.45, 7) is 0.646. The van der Waals surface area contributed by atoms with Crippen molar-refractivity contribution in [2.45, 2.75) is 12.1 Å². The number of rotatable bonds is 6. The molecule has 0 aromatic heterocycles. The Kier molecular flexibility index (Phi) is 6.31. The van der Waals surface area contributed by atoms with Gasteiger partial charge >= 0.3 is 5.51 Å². The first kappa shape index (κ1) is 15.7. The molecular formula is C11H13BrF3NOS.